The van der Waals surface area contributed by atoms with Crippen LogP contribution in [-0.2, 0) is 10.0 Å². The van der Waals surface area contributed by atoms with Crippen LogP contribution in [0, 0.1) is 13.8 Å². The summed E-state index contributed by atoms with van der Waals surface area (Å²) in [5.41, 5.74) is 2.23. The van der Waals surface area contributed by atoms with Crippen molar-refractivity contribution in [2.75, 3.05) is 13.1 Å². The molecule has 2 aromatic rings. The summed E-state index contributed by atoms with van der Waals surface area (Å²) in [5.74, 6) is 0.579. The molecule has 0 fully saturated rings. The molecular formula is C17H24N2O3S. The molecule has 0 aliphatic heterocycles. The highest BCUT2D eigenvalue weighted by molar-refractivity contribution is 7.89. The van der Waals surface area contributed by atoms with Crippen LogP contribution in [0.4, 0.5) is 0 Å². The molecule has 1 aromatic heterocycles. The molecule has 0 aliphatic rings. The number of rotatable bonds is 7. The second-order valence-electron chi connectivity index (χ2n) is 5.66. The Labute approximate surface area is 138 Å². The smallest absolute Gasteiger partial charge is 0.243 e. The molecule has 0 radical (unpaired) electrons. The van der Waals surface area contributed by atoms with Crippen molar-refractivity contribution < 1.29 is 12.9 Å². The zero-order chi connectivity index (χ0) is 17.0. The summed E-state index contributed by atoms with van der Waals surface area (Å²) in [5, 5.41) is 3.86. The fourth-order valence-electron chi connectivity index (χ4n) is 2.45. The van der Waals surface area contributed by atoms with E-state index in [2.05, 4.69) is 12.1 Å². The molecule has 6 heteroatoms. The highest BCUT2D eigenvalue weighted by Gasteiger charge is 2.25. The van der Waals surface area contributed by atoms with Gasteiger partial charge in [0.15, 0.2) is 5.76 Å². The largest absolute Gasteiger partial charge is 0.356 e. The fourth-order valence-corrected chi connectivity index (χ4v) is 4.19. The number of aryl methyl sites for hydroxylation is 2. The molecule has 0 spiro atoms. The second-order valence-corrected chi connectivity index (χ2v) is 7.57. The van der Waals surface area contributed by atoms with E-state index in [-0.39, 0.29) is 0 Å². The average molecular weight is 336 g/mol. The lowest BCUT2D eigenvalue weighted by molar-refractivity contribution is 0.418. The first-order valence-electron chi connectivity index (χ1n) is 7.94. The van der Waals surface area contributed by atoms with Crippen LogP contribution in [0.15, 0.2) is 33.7 Å². The summed E-state index contributed by atoms with van der Waals surface area (Å²) in [6.45, 7) is 8.58. The quantitative estimate of drug-likeness (QED) is 0.772. The summed E-state index contributed by atoms with van der Waals surface area (Å²) in [6, 6.07) is 7.15. The Morgan fingerprint density at radius 3 is 2.48 bits per heavy atom. The summed E-state index contributed by atoms with van der Waals surface area (Å²) in [4.78, 5) is 0.335. The van der Waals surface area contributed by atoms with Crippen molar-refractivity contribution >= 4 is 10.0 Å². The first kappa shape index (κ1) is 17.7. The summed E-state index contributed by atoms with van der Waals surface area (Å²) in [6.07, 6.45) is 1.81. The van der Waals surface area contributed by atoms with Gasteiger partial charge in [-0.15, -0.1) is 0 Å². The van der Waals surface area contributed by atoms with Crippen LogP contribution in [0.3, 0.4) is 0 Å². The van der Waals surface area contributed by atoms with E-state index in [1.165, 1.54) is 4.31 Å². The van der Waals surface area contributed by atoms with E-state index < -0.39 is 10.0 Å². The Morgan fingerprint density at radius 2 is 1.91 bits per heavy atom. The molecule has 0 saturated carbocycles. The number of aromatic nitrogens is 1. The standard InChI is InChI=1S/C17H24N2O3S/c1-5-7-10-19(6-2)23(20,21)17-12-15(9-8-13(17)3)16-11-14(4)18-22-16/h8-9,11-12H,5-7,10H2,1-4H3. The van der Waals surface area contributed by atoms with Crippen molar-refractivity contribution in [1.82, 2.24) is 9.46 Å². The van der Waals surface area contributed by atoms with Gasteiger partial charge in [-0.25, -0.2) is 8.42 Å². The molecule has 0 N–H and O–H groups in total. The lowest BCUT2D eigenvalue weighted by Crippen LogP contribution is -2.32. The van der Waals surface area contributed by atoms with Gasteiger partial charge in [0.1, 0.15) is 0 Å². The molecular weight excluding hydrogens is 312 g/mol. The zero-order valence-corrected chi connectivity index (χ0v) is 15.0. The highest BCUT2D eigenvalue weighted by atomic mass is 32.2. The Balaban J connectivity index is 2.45. The normalized spacial score (nSPS) is 12.0. The number of sulfonamides is 1. The molecule has 0 atom stereocenters. The van der Waals surface area contributed by atoms with Crippen molar-refractivity contribution in [3.63, 3.8) is 0 Å². The number of hydrogen-bond donors (Lipinski definition) is 0. The maximum Gasteiger partial charge on any atom is 0.243 e. The first-order chi connectivity index (χ1) is 10.9. The molecule has 2 rings (SSSR count). The summed E-state index contributed by atoms with van der Waals surface area (Å²) < 4.78 is 32.7. The summed E-state index contributed by atoms with van der Waals surface area (Å²) in [7, 11) is -3.51. The fraction of sp³-hybridized carbons (Fsp3) is 0.471. The Hall–Kier alpha value is -1.66. The maximum absolute atomic E-state index is 13.0. The molecule has 0 amide bonds. The Kier molecular flexibility index (Phi) is 5.59. The third kappa shape index (κ3) is 3.82. The molecule has 1 aromatic carbocycles. The second kappa shape index (κ2) is 7.27. The topological polar surface area (TPSA) is 63.4 Å². The SMILES string of the molecule is CCCCN(CC)S(=O)(=O)c1cc(-c2cc(C)no2)ccc1C. The number of unbranched alkanes of at least 4 members (excludes halogenated alkanes) is 1. The lowest BCUT2D eigenvalue weighted by Gasteiger charge is -2.21. The molecule has 0 unspecified atom stereocenters. The lowest BCUT2D eigenvalue weighted by atomic mass is 10.1. The zero-order valence-electron chi connectivity index (χ0n) is 14.2. The number of benzene rings is 1. The van der Waals surface area contributed by atoms with E-state index in [9.17, 15) is 8.42 Å². The molecule has 1 heterocycles. The van der Waals surface area contributed by atoms with Gasteiger partial charge in [0.2, 0.25) is 10.0 Å². The minimum Gasteiger partial charge on any atom is -0.356 e. The highest BCUT2D eigenvalue weighted by Crippen LogP contribution is 2.27. The van der Waals surface area contributed by atoms with Crippen molar-refractivity contribution in [1.29, 1.82) is 0 Å². The molecule has 0 bridgehead atoms. The average Bonchev–Trinajstić information content (AvgIpc) is 2.94. The predicted molar refractivity (Wildman–Crippen MR) is 90.8 cm³/mol. The monoisotopic (exact) mass is 336 g/mol. The minimum atomic E-state index is -3.51. The molecule has 0 aliphatic carbocycles. The van der Waals surface area contributed by atoms with E-state index in [1.807, 2.05) is 32.9 Å². The van der Waals surface area contributed by atoms with Crippen LogP contribution in [0.5, 0.6) is 0 Å². The van der Waals surface area contributed by atoms with Gasteiger partial charge in [0, 0.05) is 24.7 Å². The van der Waals surface area contributed by atoms with Gasteiger partial charge in [-0.3, -0.25) is 0 Å². The number of hydrogen-bond acceptors (Lipinski definition) is 4. The van der Waals surface area contributed by atoms with Crippen LogP contribution in [-0.4, -0.2) is 31.0 Å². The van der Waals surface area contributed by atoms with Crippen LogP contribution in [0.1, 0.15) is 37.9 Å². The maximum atomic E-state index is 13.0. The van der Waals surface area contributed by atoms with Crippen LogP contribution < -0.4 is 0 Å². The van der Waals surface area contributed by atoms with E-state index >= 15 is 0 Å². The van der Waals surface area contributed by atoms with E-state index in [4.69, 9.17) is 4.52 Å². The van der Waals surface area contributed by atoms with Gasteiger partial charge in [0.25, 0.3) is 0 Å². The van der Waals surface area contributed by atoms with Gasteiger partial charge in [-0.2, -0.15) is 4.31 Å². The summed E-state index contributed by atoms with van der Waals surface area (Å²) >= 11 is 0. The van der Waals surface area contributed by atoms with Gasteiger partial charge in [-0.1, -0.05) is 37.6 Å². The molecule has 23 heavy (non-hydrogen) atoms. The van der Waals surface area contributed by atoms with Gasteiger partial charge >= 0.3 is 0 Å². The van der Waals surface area contributed by atoms with E-state index in [0.717, 1.165) is 29.7 Å². The van der Waals surface area contributed by atoms with E-state index in [1.54, 1.807) is 12.1 Å². The van der Waals surface area contributed by atoms with Crippen molar-refractivity contribution in [2.24, 2.45) is 0 Å². The van der Waals surface area contributed by atoms with Crippen LogP contribution in [0.2, 0.25) is 0 Å². The van der Waals surface area contributed by atoms with Crippen molar-refractivity contribution in [3.8, 4) is 11.3 Å². The van der Waals surface area contributed by atoms with Crippen LogP contribution >= 0.6 is 0 Å². The van der Waals surface area contributed by atoms with Crippen molar-refractivity contribution in [3.05, 3.63) is 35.5 Å². The number of nitrogens with zero attached hydrogens (tertiary/aromatic N) is 2. The van der Waals surface area contributed by atoms with Crippen molar-refractivity contribution in [2.45, 2.75) is 45.4 Å². The Morgan fingerprint density at radius 1 is 1.17 bits per heavy atom. The Bertz CT molecular complexity index is 766. The predicted octanol–water partition coefficient (Wildman–Crippen LogP) is 3.77. The van der Waals surface area contributed by atoms with Gasteiger partial charge < -0.3 is 4.52 Å². The van der Waals surface area contributed by atoms with E-state index in [0.29, 0.717) is 23.7 Å². The molecule has 0 saturated heterocycles. The molecule has 126 valence electrons. The van der Waals surface area contributed by atoms with Crippen LogP contribution in [0.25, 0.3) is 11.3 Å². The van der Waals surface area contributed by atoms with Gasteiger partial charge in [0.05, 0.1) is 10.6 Å². The third-order valence-corrected chi connectivity index (χ3v) is 5.95. The molecule has 5 nitrogen and oxygen atoms in total. The minimum absolute atomic E-state index is 0.335. The first-order valence-corrected chi connectivity index (χ1v) is 9.38. The van der Waals surface area contributed by atoms with Gasteiger partial charge in [-0.05, 0) is 31.9 Å². The third-order valence-electron chi connectivity index (χ3n) is 3.83.